The first-order valence-electron chi connectivity index (χ1n) is 5.16. The lowest BCUT2D eigenvalue weighted by Gasteiger charge is -2.15. The number of hydrogen-bond acceptors (Lipinski definition) is 3. The third kappa shape index (κ3) is 4.18. The lowest BCUT2D eigenvalue weighted by atomic mass is 10.4. The van der Waals surface area contributed by atoms with E-state index in [-0.39, 0.29) is 4.90 Å². The van der Waals surface area contributed by atoms with Gasteiger partial charge >= 0.3 is 12.3 Å². The number of aromatic nitrogens is 1. The second-order valence-electron chi connectivity index (χ2n) is 3.78. The second kappa shape index (κ2) is 5.88. The maximum Gasteiger partial charge on any atom is 0.320 e. The van der Waals surface area contributed by atoms with Crippen LogP contribution < -0.4 is 10.0 Å². The standard InChI is InChI=1S/C9H13F4N3O2S/c1-14-3-6-2-7(4-15-6)19(17,18)16-5-9(12,13)8(10)11/h2,4,8,14-16H,3,5H2,1H3. The fraction of sp³-hybridized carbons (Fsp3) is 0.556. The van der Waals surface area contributed by atoms with E-state index in [1.165, 1.54) is 10.8 Å². The zero-order valence-electron chi connectivity index (χ0n) is 9.88. The minimum Gasteiger partial charge on any atom is -0.363 e. The van der Waals surface area contributed by atoms with Crippen LogP contribution in [-0.2, 0) is 16.6 Å². The fourth-order valence-corrected chi connectivity index (χ4v) is 2.28. The van der Waals surface area contributed by atoms with Crippen LogP contribution in [0.2, 0.25) is 0 Å². The molecule has 110 valence electrons. The Bertz CT molecular complexity index is 515. The number of H-pyrrole nitrogens is 1. The van der Waals surface area contributed by atoms with Gasteiger partial charge in [-0.2, -0.15) is 8.78 Å². The molecule has 1 aromatic heterocycles. The van der Waals surface area contributed by atoms with Crippen molar-refractivity contribution in [1.29, 1.82) is 0 Å². The third-order valence-corrected chi connectivity index (χ3v) is 3.59. The molecule has 0 spiro atoms. The molecular weight excluding hydrogens is 290 g/mol. The van der Waals surface area contributed by atoms with Gasteiger partial charge in [0, 0.05) is 18.4 Å². The quantitative estimate of drug-likeness (QED) is 0.656. The molecule has 0 bridgehead atoms. The van der Waals surface area contributed by atoms with Gasteiger partial charge < -0.3 is 10.3 Å². The van der Waals surface area contributed by atoms with E-state index in [1.807, 2.05) is 0 Å². The highest BCUT2D eigenvalue weighted by Crippen LogP contribution is 2.22. The lowest BCUT2D eigenvalue weighted by Crippen LogP contribution is -2.41. The van der Waals surface area contributed by atoms with Crippen molar-refractivity contribution >= 4 is 10.0 Å². The van der Waals surface area contributed by atoms with Gasteiger partial charge in [0.25, 0.3) is 0 Å². The van der Waals surface area contributed by atoms with Crippen molar-refractivity contribution in [3.05, 3.63) is 18.0 Å². The molecule has 1 heterocycles. The van der Waals surface area contributed by atoms with Crippen LogP contribution in [-0.4, -0.2) is 39.3 Å². The summed E-state index contributed by atoms with van der Waals surface area (Å²) in [5.41, 5.74) is 0.517. The molecule has 19 heavy (non-hydrogen) atoms. The highest BCUT2D eigenvalue weighted by molar-refractivity contribution is 7.89. The Labute approximate surface area is 107 Å². The molecule has 0 aliphatic rings. The number of aromatic amines is 1. The molecule has 10 heteroatoms. The van der Waals surface area contributed by atoms with E-state index in [1.54, 1.807) is 7.05 Å². The van der Waals surface area contributed by atoms with Gasteiger partial charge in [0.15, 0.2) is 0 Å². The monoisotopic (exact) mass is 303 g/mol. The molecule has 0 saturated carbocycles. The first-order valence-corrected chi connectivity index (χ1v) is 6.65. The van der Waals surface area contributed by atoms with Gasteiger partial charge in [-0.3, -0.25) is 0 Å². The van der Waals surface area contributed by atoms with Gasteiger partial charge in [-0.15, -0.1) is 0 Å². The zero-order valence-corrected chi connectivity index (χ0v) is 10.7. The summed E-state index contributed by atoms with van der Waals surface area (Å²) in [6, 6.07) is 1.22. The van der Waals surface area contributed by atoms with E-state index in [2.05, 4.69) is 10.3 Å². The topological polar surface area (TPSA) is 74.0 Å². The Hall–Kier alpha value is -1.13. The van der Waals surface area contributed by atoms with Gasteiger partial charge in [-0.05, 0) is 13.1 Å². The average molecular weight is 303 g/mol. The van der Waals surface area contributed by atoms with Gasteiger partial charge in [-0.25, -0.2) is 21.9 Å². The third-order valence-electron chi connectivity index (χ3n) is 2.21. The van der Waals surface area contributed by atoms with E-state index in [0.29, 0.717) is 12.2 Å². The molecule has 0 amide bonds. The lowest BCUT2D eigenvalue weighted by molar-refractivity contribution is -0.122. The Morgan fingerprint density at radius 1 is 1.42 bits per heavy atom. The predicted octanol–water partition coefficient (Wildman–Crippen LogP) is 0.913. The van der Waals surface area contributed by atoms with Crippen molar-refractivity contribution in [3.63, 3.8) is 0 Å². The maximum atomic E-state index is 12.6. The van der Waals surface area contributed by atoms with E-state index < -0.39 is 28.9 Å². The molecule has 0 saturated heterocycles. The first-order chi connectivity index (χ1) is 8.69. The Balaban J connectivity index is 2.75. The number of hydrogen-bond donors (Lipinski definition) is 3. The molecule has 0 aromatic carbocycles. The molecule has 1 rings (SSSR count). The van der Waals surface area contributed by atoms with Gasteiger partial charge in [0.2, 0.25) is 10.0 Å². The number of alkyl halides is 4. The van der Waals surface area contributed by atoms with Crippen LogP contribution in [0.4, 0.5) is 17.6 Å². The zero-order chi connectivity index (χ0) is 14.7. The number of rotatable bonds is 7. The molecular formula is C9H13F4N3O2S. The van der Waals surface area contributed by atoms with E-state index in [4.69, 9.17) is 0 Å². The smallest absolute Gasteiger partial charge is 0.320 e. The second-order valence-corrected chi connectivity index (χ2v) is 5.54. The molecule has 0 fully saturated rings. The number of sulfonamides is 1. The Morgan fingerprint density at radius 3 is 2.58 bits per heavy atom. The summed E-state index contributed by atoms with van der Waals surface area (Å²) >= 11 is 0. The minimum absolute atomic E-state index is 0.289. The summed E-state index contributed by atoms with van der Waals surface area (Å²) in [4.78, 5) is 2.33. The number of halogens is 4. The Kier molecular flexibility index (Phi) is 4.93. The molecule has 3 N–H and O–H groups in total. The molecule has 0 aliphatic carbocycles. The molecule has 0 atom stereocenters. The van der Waals surface area contributed by atoms with E-state index in [9.17, 15) is 26.0 Å². The average Bonchev–Trinajstić information content (AvgIpc) is 2.76. The van der Waals surface area contributed by atoms with E-state index >= 15 is 0 Å². The summed E-state index contributed by atoms with van der Waals surface area (Å²) in [7, 11) is -2.61. The minimum atomic E-state index is -4.41. The van der Waals surface area contributed by atoms with E-state index in [0.717, 1.165) is 6.20 Å². The van der Waals surface area contributed by atoms with Gasteiger partial charge in [0.05, 0.1) is 11.4 Å². The summed E-state index contributed by atoms with van der Waals surface area (Å²) in [6.07, 6.45) is -2.84. The van der Waals surface area contributed by atoms with Crippen molar-refractivity contribution in [2.75, 3.05) is 13.6 Å². The number of nitrogens with one attached hydrogen (secondary N) is 3. The van der Waals surface area contributed by atoms with Crippen molar-refractivity contribution < 1.29 is 26.0 Å². The van der Waals surface area contributed by atoms with Crippen molar-refractivity contribution in [2.24, 2.45) is 0 Å². The Morgan fingerprint density at radius 2 is 2.05 bits per heavy atom. The molecule has 1 aromatic rings. The molecule has 5 nitrogen and oxygen atoms in total. The molecule has 0 aliphatic heterocycles. The van der Waals surface area contributed by atoms with Crippen LogP contribution in [0.15, 0.2) is 17.2 Å². The molecule has 0 unspecified atom stereocenters. The van der Waals surface area contributed by atoms with Crippen LogP contribution in [0.25, 0.3) is 0 Å². The largest absolute Gasteiger partial charge is 0.363 e. The van der Waals surface area contributed by atoms with Crippen LogP contribution in [0, 0.1) is 0 Å². The van der Waals surface area contributed by atoms with Gasteiger partial charge in [0.1, 0.15) is 0 Å². The van der Waals surface area contributed by atoms with Crippen LogP contribution in [0.5, 0.6) is 0 Å². The van der Waals surface area contributed by atoms with Crippen LogP contribution in [0.3, 0.4) is 0 Å². The summed E-state index contributed by atoms with van der Waals surface area (Å²) < 4.78 is 73.7. The maximum absolute atomic E-state index is 12.6. The normalized spacial score (nSPS) is 13.2. The first kappa shape index (κ1) is 15.9. The summed E-state index contributed by atoms with van der Waals surface area (Å²) in [5, 5.41) is 2.75. The SMILES string of the molecule is CNCc1cc(S(=O)(=O)NCC(F)(F)C(F)F)c[nH]1. The summed E-state index contributed by atoms with van der Waals surface area (Å²) in [6.45, 7) is -1.30. The van der Waals surface area contributed by atoms with Crippen LogP contribution >= 0.6 is 0 Å². The van der Waals surface area contributed by atoms with Crippen molar-refractivity contribution in [1.82, 2.24) is 15.0 Å². The highest BCUT2D eigenvalue weighted by atomic mass is 32.2. The van der Waals surface area contributed by atoms with Crippen molar-refractivity contribution in [3.8, 4) is 0 Å². The van der Waals surface area contributed by atoms with Crippen LogP contribution in [0.1, 0.15) is 5.69 Å². The molecule has 0 radical (unpaired) electrons. The fourth-order valence-electron chi connectivity index (χ4n) is 1.22. The summed E-state index contributed by atoms with van der Waals surface area (Å²) in [5.74, 6) is -4.41. The highest BCUT2D eigenvalue weighted by Gasteiger charge is 2.41. The van der Waals surface area contributed by atoms with Gasteiger partial charge in [-0.1, -0.05) is 0 Å². The van der Waals surface area contributed by atoms with Crippen molar-refractivity contribution in [2.45, 2.75) is 23.8 Å². The predicted molar refractivity (Wildman–Crippen MR) is 59.7 cm³/mol.